The summed E-state index contributed by atoms with van der Waals surface area (Å²) in [6.45, 7) is 5.10. The number of carbonyl (C=O) groups excluding carboxylic acids is 2. The molecule has 2 heterocycles. The predicted molar refractivity (Wildman–Crippen MR) is 65.6 cm³/mol. The summed E-state index contributed by atoms with van der Waals surface area (Å²) in [7, 11) is 0. The maximum absolute atomic E-state index is 10.9. The summed E-state index contributed by atoms with van der Waals surface area (Å²) < 4.78 is 3.55. The summed E-state index contributed by atoms with van der Waals surface area (Å²) in [5.74, 6) is 1.21. The van der Waals surface area contributed by atoms with E-state index in [1.165, 1.54) is 12.4 Å². The average molecular weight is 246 g/mol. The Morgan fingerprint density at radius 3 is 1.61 bits per heavy atom. The minimum absolute atomic E-state index is 0.505. The van der Waals surface area contributed by atoms with Crippen LogP contribution in [0.15, 0.2) is 12.4 Å². The van der Waals surface area contributed by atoms with Crippen molar-refractivity contribution in [1.82, 2.24) is 19.1 Å². The second kappa shape index (κ2) is 4.95. The van der Waals surface area contributed by atoms with E-state index in [2.05, 4.69) is 9.97 Å². The molecule has 0 saturated carbocycles. The van der Waals surface area contributed by atoms with E-state index in [0.29, 0.717) is 36.1 Å². The summed E-state index contributed by atoms with van der Waals surface area (Å²) in [5.41, 5.74) is 1.01. The topological polar surface area (TPSA) is 69.8 Å². The first-order valence-electron chi connectivity index (χ1n) is 5.78. The van der Waals surface area contributed by atoms with Crippen LogP contribution >= 0.6 is 0 Å². The van der Waals surface area contributed by atoms with E-state index >= 15 is 0 Å². The zero-order valence-electron chi connectivity index (χ0n) is 10.3. The third kappa shape index (κ3) is 1.75. The summed E-state index contributed by atoms with van der Waals surface area (Å²) in [4.78, 5) is 30.2. The van der Waals surface area contributed by atoms with Gasteiger partial charge in [-0.15, -0.1) is 0 Å². The Hall–Kier alpha value is -2.24. The van der Waals surface area contributed by atoms with Crippen LogP contribution in [0.4, 0.5) is 0 Å². The van der Waals surface area contributed by atoms with Crippen molar-refractivity contribution in [3.05, 3.63) is 23.8 Å². The molecule has 18 heavy (non-hydrogen) atoms. The van der Waals surface area contributed by atoms with Crippen LogP contribution < -0.4 is 0 Å². The lowest BCUT2D eigenvalue weighted by Crippen LogP contribution is -2.08. The van der Waals surface area contributed by atoms with E-state index in [9.17, 15) is 9.59 Å². The highest BCUT2D eigenvalue weighted by Crippen LogP contribution is 2.19. The van der Waals surface area contributed by atoms with Crippen molar-refractivity contribution < 1.29 is 9.59 Å². The van der Waals surface area contributed by atoms with Gasteiger partial charge in [-0.05, 0) is 13.8 Å². The zero-order valence-corrected chi connectivity index (χ0v) is 10.3. The van der Waals surface area contributed by atoms with Crippen LogP contribution in [0.25, 0.3) is 11.6 Å². The van der Waals surface area contributed by atoms with Crippen molar-refractivity contribution in [2.24, 2.45) is 0 Å². The van der Waals surface area contributed by atoms with E-state index in [1.54, 1.807) is 9.13 Å². The van der Waals surface area contributed by atoms with E-state index < -0.39 is 0 Å². The van der Waals surface area contributed by atoms with Crippen molar-refractivity contribution in [3.8, 4) is 11.6 Å². The van der Waals surface area contributed by atoms with E-state index in [-0.39, 0.29) is 0 Å². The molecule has 0 spiro atoms. The largest absolute Gasteiger partial charge is 0.319 e. The quantitative estimate of drug-likeness (QED) is 0.748. The van der Waals surface area contributed by atoms with E-state index in [4.69, 9.17) is 0 Å². The van der Waals surface area contributed by atoms with E-state index in [0.717, 1.165) is 12.6 Å². The van der Waals surface area contributed by atoms with Crippen LogP contribution in [0.3, 0.4) is 0 Å². The molecule has 0 radical (unpaired) electrons. The fraction of sp³-hybridized carbons (Fsp3) is 0.333. The summed E-state index contributed by atoms with van der Waals surface area (Å²) >= 11 is 0. The molecule has 2 aromatic heterocycles. The molecule has 0 N–H and O–H groups in total. The molecule has 0 saturated heterocycles. The number of aromatic nitrogens is 4. The Morgan fingerprint density at radius 1 is 0.944 bits per heavy atom. The smallest absolute Gasteiger partial charge is 0.177 e. The van der Waals surface area contributed by atoms with Gasteiger partial charge in [0, 0.05) is 13.1 Å². The molecule has 0 atom stereocenters. The second-order valence-electron chi connectivity index (χ2n) is 3.74. The molecule has 0 aliphatic rings. The highest BCUT2D eigenvalue weighted by atomic mass is 16.1. The molecule has 6 heteroatoms. The molecular weight excluding hydrogens is 232 g/mol. The van der Waals surface area contributed by atoms with Gasteiger partial charge in [-0.25, -0.2) is 9.97 Å². The van der Waals surface area contributed by atoms with Crippen LogP contribution in [0.1, 0.15) is 34.8 Å². The number of aldehydes is 2. The van der Waals surface area contributed by atoms with E-state index in [1.807, 2.05) is 13.8 Å². The Balaban J connectivity index is 2.61. The van der Waals surface area contributed by atoms with Gasteiger partial charge in [0.25, 0.3) is 0 Å². The van der Waals surface area contributed by atoms with Crippen molar-refractivity contribution >= 4 is 12.6 Å². The molecular formula is C12H14N4O2. The van der Waals surface area contributed by atoms with Gasteiger partial charge >= 0.3 is 0 Å². The minimum atomic E-state index is 0.505. The lowest BCUT2D eigenvalue weighted by atomic mass is 10.4. The molecule has 2 aromatic rings. The van der Waals surface area contributed by atoms with Crippen molar-refractivity contribution in [3.63, 3.8) is 0 Å². The molecule has 0 unspecified atom stereocenters. The van der Waals surface area contributed by atoms with Crippen LogP contribution in [-0.2, 0) is 13.1 Å². The fourth-order valence-electron chi connectivity index (χ4n) is 1.99. The zero-order chi connectivity index (χ0) is 13.1. The third-order valence-electron chi connectivity index (χ3n) is 2.85. The Kier molecular flexibility index (Phi) is 3.36. The molecule has 6 nitrogen and oxygen atoms in total. The Bertz CT molecular complexity index is 531. The number of hydrogen-bond donors (Lipinski definition) is 0. The maximum atomic E-state index is 10.9. The molecule has 2 rings (SSSR count). The van der Waals surface area contributed by atoms with Gasteiger partial charge in [0.2, 0.25) is 0 Å². The molecule has 94 valence electrons. The Morgan fingerprint density at radius 2 is 1.33 bits per heavy atom. The van der Waals surface area contributed by atoms with Gasteiger partial charge in [0.1, 0.15) is 11.4 Å². The molecule has 0 aromatic carbocycles. The Labute approximate surface area is 104 Å². The third-order valence-corrected chi connectivity index (χ3v) is 2.85. The standard InChI is InChI=1S/C12H14N4O2/c1-3-15-9(7-17)5-13-11(15)12-14-6-10(8-18)16(12)4-2/h5-8H,3-4H2,1-2H3. The van der Waals surface area contributed by atoms with Gasteiger partial charge < -0.3 is 9.13 Å². The highest BCUT2D eigenvalue weighted by molar-refractivity contribution is 5.75. The normalized spacial score (nSPS) is 10.6. The summed E-state index contributed by atoms with van der Waals surface area (Å²) in [6, 6.07) is 0. The first-order chi connectivity index (χ1) is 8.76. The molecule has 0 fully saturated rings. The van der Waals surface area contributed by atoms with Crippen molar-refractivity contribution in [2.45, 2.75) is 26.9 Å². The van der Waals surface area contributed by atoms with Crippen molar-refractivity contribution in [2.75, 3.05) is 0 Å². The van der Waals surface area contributed by atoms with Crippen LogP contribution in [0, 0.1) is 0 Å². The van der Waals surface area contributed by atoms with Crippen LogP contribution in [0.2, 0.25) is 0 Å². The molecule has 0 aliphatic carbocycles. The molecule has 0 amide bonds. The highest BCUT2D eigenvalue weighted by Gasteiger charge is 2.16. The minimum Gasteiger partial charge on any atom is -0.319 e. The monoisotopic (exact) mass is 246 g/mol. The van der Waals surface area contributed by atoms with Gasteiger partial charge in [-0.1, -0.05) is 0 Å². The molecule has 0 bridgehead atoms. The van der Waals surface area contributed by atoms with Gasteiger partial charge in [-0.3, -0.25) is 9.59 Å². The lowest BCUT2D eigenvalue weighted by molar-refractivity contribution is 0.110. The van der Waals surface area contributed by atoms with Gasteiger partial charge in [0.15, 0.2) is 24.2 Å². The SMILES string of the molecule is CCn1c(C=O)cnc1-c1ncc(C=O)n1CC. The molecule has 0 aliphatic heterocycles. The maximum Gasteiger partial charge on any atom is 0.177 e. The second-order valence-corrected chi connectivity index (χ2v) is 3.74. The van der Waals surface area contributed by atoms with Crippen LogP contribution in [0.5, 0.6) is 0 Å². The first kappa shape index (κ1) is 12.2. The summed E-state index contributed by atoms with van der Waals surface area (Å²) in [6.07, 6.45) is 4.56. The fourth-order valence-corrected chi connectivity index (χ4v) is 1.99. The number of hydrogen-bond acceptors (Lipinski definition) is 4. The summed E-state index contributed by atoms with van der Waals surface area (Å²) in [5, 5.41) is 0. The average Bonchev–Trinajstić information content (AvgIpc) is 3.00. The number of rotatable bonds is 5. The lowest BCUT2D eigenvalue weighted by Gasteiger charge is -2.08. The number of carbonyl (C=O) groups is 2. The number of imidazole rings is 2. The van der Waals surface area contributed by atoms with Gasteiger partial charge in [0.05, 0.1) is 12.4 Å². The van der Waals surface area contributed by atoms with Gasteiger partial charge in [-0.2, -0.15) is 0 Å². The number of nitrogens with zero attached hydrogens (tertiary/aromatic N) is 4. The predicted octanol–water partition coefficient (Wildman–Crippen LogP) is 1.41. The van der Waals surface area contributed by atoms with Crippen molar-refractivity contribution in [1.29, 1.82) is 0 Å². The first-order valence-corrected chi connectivity index (χ1v) is 5.78. The van der Waals surface area contributed by atoms with Crippen LogP contribution in [-0.4, -0.2) is 31.7 Å².